The summed E-state index contributed by atoms with van der Waals surface area (Å²) in [5.41, 5.74) is 8.28. The molecule has 4 heteroatoms. The molecule has 0 aromatic heterocycles. The molecule has 0 bridgehead atoms. The molecule has 1 atom stereocenters. The number of likely N-dealkylation sites (N-methyl/N-ethyl adjacent to an activating group) is 1. The van der Waals surface area contributed by atoms with Crippen molar-refractivity contribution in [3.05, 3.63) is 59.7 Å². The summed E-state index contributed by atoms with van der Waals surface area (Å²) in [5.74, 6) is 0.695. The lowest BCUT2D eigenvalue weighted by Gasteiger charge is -2.29. The summed E-state index contributed by atoms with van der Waals surface area (Å²) >= 11 is 0. The van der Waals surface area contributed by atoms with Crippen molar-refractivity contribution in [3.63, 3.8) is 0 Å². The Morgan fingerprint density at radius 3 is 2.42 bits per heavy atom. The van der Waals surface area contributed by atoms with Gasteiger partial charge in [0, 0.05) is 12.1 Å². The number of nitrogens with zero attached hydrogens (tertiary/aromatic N) is 1. The first-order chi connectivity index (χ1) is 11.6. The third-order valence-electron chi connectivity index (χ3n) is 4.28. The second-order valence-corrected chi connectivity index (χ2v) is 5.79. The Balaban J connectivity index is 2.21. The lowest BCUT2D eigenvalue weighted by molar-refractivity contribution is 0.0807. The Morgan fingerprint density at radius 1 is 1.17 bits per heavy atom. The highest BCUT2D eigenvalue weighted by Gasteiger charge is 2.25. The summed E-state index contributed by atoms with van der Waals surface area (Å²) in [5, 5.41) is 0. The topological polar surface area (TPSA) is 55.6 Å². The SMILES string of the molecule is CCC(C(=O)c1ccc(OC)c(N)c1)N(CC)Cc1ccccc1. The number of ether oxygens (including phenoxy) is 1. The van der Waals surface area contributed by atoms with Crippen molar-refractivity contribution in [2.75, 3.05) is 19.4 Å². The Labute approximate surface area is 144 Å². The van der Waals surface area contributed by atoms with Gasteiger partial charge in [-0.05, 0) is 36.7 Å². The van der Waals surface area contributed by atoms with Gasteiger partial charge in [0.05, 0.1) is 18.8 Å². The van der Waals surface area contributed by atoms with Crippen LogP contribution in [0, 0.1) is 0 Å². The van der Waals surface area contributed by atoms with Crippen LogP contribution >= 0.6 is 0 Å². The van der Waals surface area contributed by atoms with Gasteiger partial charge in [-0.15, -0.1) is 0 Å². The second kappa shape index (κ2) is 8.50. The minimum Gasteiger partial charge on any atom is -0.495 e. The predicted molar refractivity (Wildman–Crippen MR) is 98.3 cm³/mol. The largest absolute Gasteiger partial charge is 0.495 e. The molecule has 0 saturated carbocycles. The van der Waals surface area contributed by atoms with E-state index in [2.05, 4.69) is 24.0 Å². The van der Waals surface area contributed by atoms with Crippen LogP contribution in [0.1, 0.15) is 36.2 Å². The zero-order chi connectivity index (χ0) is 17.5. The average molecular weight is 326 g/mol. The van der Waals surface area contributed by atoms with Crippen LogP contribution in [0.4, 0.5) is 5.69 Å². The highest BCUT2D eigenvalue weighted by molar-refractivity contribution is 6.01. The third kappa shape index (κ3) is 4.15. The molecule has 128 valence electrons. The van der Waals surface area contributed by atoms with E-state index in [4.69, 9.17) is 10.5 Å². The van der Waals surface area contributed by atoms with Crippen molar-refractivity contribution in [1.82, 2.24) is 4.90 Å². The number of anilines is 1. The summed E-state index contributed by atoms with van der Waals surface area (Å²) in [6.07, 6.45) is 0.755. The van der Waals surface area contributed by atoms with Crippen molar-refractivity contribution in [2.24, 2.45) is 0 Å². The van der Waals surface area contributed by atoms with Crippen molar-refractivity contribution in [2.45, 2.75) is 32.9 Å². The maximum atomic E-state index is 13.0. The van der Waals surface area contributed by atoms with Gasteiger partial charge in [0.25, 0.3) is 0 Å². The molecule has 0 aliphatic carbocycles. The molecule has 0 aliphatic heterocycles. The number of hydrogen-bond donors (Lipinski definition) is 1. The number of Topliss-reactive ketones (excluding diaryl/α,β-unsaturated/α-hetero) is 1. The van der Waals surface area contributed by atoms with E-state index >= 15 is 0 Å². The number of rotatable bonds is 8. The van der Waals surface area contributed by atoms with Crippen LogP contribution in [0.2, 0.25) is 0 Å². The molecular formula is C20H26N2O2. The van der Waals surface area contributed by atoms with Crippen molar-refractivity contribution >= 4 is 11.5 Å². The normalized spacial score (nSPS) is 12.2. The first-order valence-electron chi connectivity index (χ1n) is 8.36. The Bertz CT molecular complexity index is 671. The Morgan fingerprint density at radius 2 is 1.88 bits per heavy atom. The minimum absolute atomic E-state index is 0.102. The third-order valence-corrected chi connectivity index (χ3v) is 4.28. The van der Waals surface area contributed by atoms with Crippen LogP contribution in [-0.2, 0) is 6.54 Å². The van der Waals surface area contributed by atoms with Gasteiger partial charge in [0.2, 0.25) is 0 Å². The quantitative estimate of drug-likeness (QED) is 0.593. The standard InChI is InChI=1S/C20H26N2O2/c1-4-18(22(5-2)14-15-9-7-6-8-10-15)20(23)16-11-12-19(24-3)17(21)13-16/h6-13,18H,4-5,14,21H2,1-3H3. The predicted octanol–water partition coefficient (Wildman–Crippen LogP) is 3.76. The molecule has 4 nitrogen and oxygen atoms in total. The van der Waals surface area contributed by atoms with Crippen LogP contribution in [0.15, 0.2) is 48.5 Å². The van der Waals surface area contributed by atoms with E-state index in [9.17, 15) is 4.79 Å². The highest BCUT2D eigenvalue weighted by atomic mass is 16.5. The van der Waals surface area contributed by atoms with Gasteiger partial charge in [-0.3, -0.25) is 9.69 Å². The summed E-state index contributed by atoms with van der Waals surface area (Å²) < 4.78 is 5.17. The summed E-state index contributed by atoms with van der Waals surface area (Å²) in [6.45, 7) is 5.70. The number of carbonyl (C=O) groups is 1. The van der Waals surface area contributed by atoms with E-state index in [0.29, 0.717) is 17.0 Å². The van der Waals surface area contributed by atoms with Gasteiger partial charge in [0.1, 0.15) is 5.75 Å². The fourth-order valence-electron chi connectivity index (χ4n) is 2.95. The Hall–Kier alpha value is -2.33. The molecule has 2 aromatic rings. The molecule has 0 saturated heterocycles. The number of nitrogens with two attached hydrogens (primary N) is 1. The van der Waals surface area contributed by atoms with Gasteiger partial charge >= 0.3 is 0 Å². The zero-order valence-corrected chi connectivity index (χ0v) is 14.7. The number of nitrogen functional groups attached to an aromatic ring is 1. The van der Waals surface area contributed by atoms with E-state index in [1.165, 1.54) is 5.56 Å². The zero-order valence-electron chi connectivity index (χ0n) is 14.7. The molecular weight excluding hydrogens is 300 g/mol. The van der Waals surface area contributed by atoms with Crippen molar-refractivity contribution in [1.29, 1.82) is 0 Å². The second-order valence-electron chi connectivity index (χ2n) is 5.79. The summed E-state index contributed by atoms with van der Waals surface area (Å²) in [4.78, 5) is 15.2. The fraction of sp³-hybridized carbons (Fsp3) is 0.350. The number of carbonyl (C=O) groups excluding carboxylic acids is 1. The van der Waals surface area contributed by atoms with Gasteiger partial charge in [-0.2, -0.15) is 0 Å². The van der Waals surface area contributed by atoms with Crippen LogP contribution in [0.5, 0.6) is 5.75 Å². The number of methoxy groups -OCH3 is 1. The molecule has 2 N–H and O–H groups in total. The van der Waals surface area contributed by atoms with E-state index in [-0.39, 0.29) is 11.8 Å². The maximum Gasteiger partial charge on any atom is 0.180 e. The van der Waals surface area contributed by atoms with Gasteiger partial charge in [0.15, 0.2) is 5.78 Å². The lowest BCUT2D eigenvalue weighted by atomic mass is 9.99. The molecule has 0 heterocycles. The number of hydrogen-bond acceptors (Lipinski definition) is 4. The molecule has 0 aliphatic rings. The van der Waals surface area contributed by atoms with Crippen molar-refractivity contribution in [3.8, 4) is 5.75 Å². The number of benzene rings is 2. The molecule has 1 unspecified atom stereocenters. The minimum atomic E-state index is -0.164. The van der Waals surface area contributed by atoms with Crippen LogP contribution in [0.25, 0.3) is 0 Å². The first kappa shape index (κ1) is 18.0. The van der Waals surface area contributed by atoms with Crippen LogP contribution in [0.3, 0.4) is 0 Å². The van der Waals surface area contributed by atoms with Crippen molar-refractivity contribution < 1.29 is 9.53 Å². The van der Waals surface area contributed by atoms with Gasteiger partial charge in [-0.1, -0.05) is 44.2 Å². The molecule has 0 amide bonds. The van der Waals surface area contributed by atoms with Crippen LogP contribution in [-0.4, -0.2) is 30.4 Å². The van der Waals surface area contributed by atoms with Gasteiger partial charge < -0.3 is 10.5 Å². The molecule has 0 spiro atoms. The molecule has 24 heavy (non-hydrogen) atoms. The Kier molecular flexibility index (Phi) is 6.38. The lowest BCUT2D eigenvalue weighted by Crippen LogP contribution is -2.40. The van der Waals surface area contributed by atoms with Gasteiger partial charge in [-0.25, -0.2) is 0 Å². The molecule has 0 radical (unpaired) electrons. The van der Waals surface area contributed by atoms with E-state index in [0.717, 1.165) is 19.5 Å². The van der Waals surface area contributed by atoms with E-state index < -0.39 is 0 Å². The van der Waals surface area contributed by atoms with Crippen LogP contribution < -0.4 is 10.5 Å². The highest BCUT2D eigenvalue weighted by Crippen LogP contribution is 2.24. The molecule has 2 aromatic carbocycles. The summed E-state index contributed by atoms with van der Waals surface area (Å²) in [7, 11) is 1.57. The molecule has 0 fully saturated rings. The van der Waals surface area contributed by atoms with E-state index in [1.54, 1.807) is 25.3 Å². The first-order valence-corrected chi connectivity index (χ1v) is 8.36. The monoisotopic (exact) mass is 326 g/mol. The number of ketones is 1. The fourth-order valence-corrected chi connectivity index (χ4v) is 2.95. The summed E-state index contributed by atoms with van der Waals surface area (Å²) in [6, 6.07) is 15.3. The maximum absolute atomic E-state index is 13.0. The van der Waals surface area contributed by atoms with E-state index in [1.807, 2.05) is 25.1 Å². The smallest absolute Gasteiger partial charge is 0.180 e. The average Bonchev–Trinajstić information content (AvgIpc) is 2.62. The molecule has 2 rings (SSSR count).